The predicted octanol–water partition coefficient (Wildman–Crippen LogP) is 1.29. The monoisotopic (exact) mass is 338 g/mol. The van der Waals surface area contributed by atoms with Crippen LogP contribution in [-0.2, 0) is 9.59 Å². The predicted molar refractivity (Wildman–Crippen MR) is 67.8 cm³/mol. The first kappa shape index (κ1) is 14.9. The number of anilines is 1. The van der Waals surface area contributed by atoms with E-state index < -0.39 is 17.6 Å². The van der Waals surface area contributed by atoms with Gasteiger partial charge in [-0.15, -0.1) is 0 Å². The van der Waals surface area contributed by atoms with Crippen molar-refractivity contribution in [1.29, 1.82) is 0 Å². The lowest BCUT2D eigenvalue weighted by molar-refractivity contribution is -0.136. The molecule has 0 atom stereocenters. The molecular weight excluding hydrogens is 330 g/mol. The number of aliphatic hydroxyl groups is 1. The van der Waals surface area contributed by atoms with Crippen molar-refractivity contribution in [2.45, 2.75) is 0 Å². The molecule has 0 saturated heterocycles. The highest BCUT2D eigenvalue weighted by Crippen LogP contribution is 2.28. The van der Waals surface area contributed by atoms with Crippen molar-refractivity contribution in [3.05, 3.63) is 27.4 Å². The lowest BCUT2D eigenvalue weighted by Gasteiger charge is -2.08. The molecule has 0 aliphatic heterocycles. The first-order chi connectivity index (χ1) is 8.45. The summed E-state index contributed by atoms with van der Waals surface area (Å²) in [6, 6.07) is 2.25. The molecule has 0 aliphatic carbocycles. The van der Waals surface area contributed by atoms with Crippen LogP contribution >= 0.6 is 27.5 Å². The van der Waals surface area contributed by atoms with Crippen molar-refractivity contribution < 1.29 is 19.1 Å². The van der Waals surface area contributed by atoms with Crippen LogP contribution in [0.1, 0.15) is 0 Å². The minimum Gasteiger partial charge on any atom is -0.395 e. The molecule has 0 spiro atoms. The van der Waals surface area contributed by atoms with Gasteiger partial charge in [0.05, 0.1) is 21.8 Å². The van der Waals surface area contributed by atoms with Gasteiger partial charge >= 0.3 is 11.8 Å². The normalized spacial score (nSPS) is 10.0. The summed E-state index contributed by atoms with van der Waals surface area (Å²) in [6.45, 7) is -0.311. The average Bonchev–Trinajstić information content (AvgIpc) is 2.32. The van der Waals surface area contributed by atoms with E-state index in [9.17, 15) is 14.0 Å². The Morgan fingerprint density at radius 2 is 2.06 bits per heavy atom. The summed E-state index contributed by atoms with van der Waals surface area (Å²) in [7, 11) is 0. The molecule has 1 aromatic rings. The maximum absolute atomic E-state index is 13.1. The van der Waals surface area contributed by atoms with E-state index in [1.54, 1.807) is 0 Å². The van der Waals surface area contributed by atoms with Crippen LogP contribution in [0.3, 0.4) is 0 Å². The Labute approximate surface area is 115 Å². The van der Waals surface area contributed by atoms with Gasteiger partial charge in [-0.3, -0.25) is 9.59 Å². The SMILES string of the molecule is O=C(NCCO)C(=O)Nc1cc(Br)c(F)cc1Cl. The summed E-state index contributed by atoms with van der Waals surface area (Å²) in [6.07, 6.45) is 0. The molecule has 0 bridgehead atoms. The van der Waals surface area contributed by atoms with E-state index in [2.05, 4.69) is 26.6 Å². The van der Waals surface area contributed by atoms with Crippen molar-refractivity contribution in [2.75, 3.05) is 18.5 Å². The Morgan fingerprint density at radius 3 is 2.67 bits per heavy atom. The Morgan fingerprint density at radius 1 is 1.39 bits per heavy atom. The van der Waals surface area contributed by atoms with Crippen LogP contribution in [-0.4, -0.2) is 30.1 Å². The summed E-state index contributed by atoms with van der Waals surface area (Å²) in [4.78, 5) is 22.6. The van der Waals surface area contributed by atoms with Gasteiger partial charge in [0.15, 0.2) is 0 Å². The van der Waals surface area contributed by atoms with Crippen molar-refractivity contribution >= 4 is 45.0 Å². The molecule has 0 aromatic heterocycles. The molecule has 0 fully saturated rings. The van der Waals surface area contributed by atoms with Gasteiger partial charge in [0.25, 0.3) is 0 Å². The van der Waals surface area contributed by atoms with Gasteiger partial charge in [0.1, 0.15) is 5.82 Å². The molecule has 0 saturated carbocycles. The number of benzene rings is 1. The third-order valence-corrected chi connectivity index (χ3v) is 2.78. The van der Waals surface area contributed by atoms with Crippen LogP contribution in [0, 0.1) is 5.82 Å². The van der Waals surface area contributed by atoms with Crippen LogP contribution < -0.4 is 10.6 Å². The van der Waals surface area contributed by atoms with Gasteiger partial charge in [-0.05, 0) is 28.1 Å². The second-order valence-corrected chi connectivity index (χ2v) is 4.44. The Balaban J connectivity index is 2.76. The summed E-state index contributed by atoms with van der Waals surface area (Å²) in [5.74, 6) is -2.45. The van der Waals surface area contributed by atoms with E-state index in [4.69, 9.17) is 16.7 Å². The fraction of sp³-hybridized carbons (Fsp3) is 0.200. The zero-order chi connectivity index (χ0) is 13.7. The number of rotatable bonds is 3. The van der Waals surface area contributed by atoms with Crippen LogP contribution in [0.15, 0.2) is 16.6 Å². The summed E-state index contributed by atoms with van der Waals surface area (Å²) in [5.41, 5.74) is 0.106. The summed E-state index contributed by atoms with van der Waals surface area (Å²) < 4.78 is 13.2. The molecule has 1 aromatic carbocycles. The van der Waals surface area contributed by atoms with Crippen molar-refractivity contribution in [3.63, 3.8) is 0 Å². The molecule has 5 nitrogen and oxygen atoms in total. The standard InChI is InChI=1S/C10H9BrClFN2O3/c11-5-3-8(6(12)4-7(5)13)15-10(18)9(17)14-1-2-16/h3-4,16H,1-2H2,(H,14,17)(H,15,18). The van der Waals surface area contributed by atoms with Crippen molar-refractivity contribution in [3.8, 4) is 0 Å². The van der Waals surface area contributed by atoms with E-state index in [1.165, 1.54) is 6.07 Å². The minimum atomic E-state index is -0.955. The molecule has 8 heteroatoms. The van der Waals surface area contributed by atoms with Gasteiger partial charge in [-0.25, -0.2) is 4.39 Å². The van der Waals surface area contributed by atoms with Crippen molar-refractivity contribution in [1.82, 2.24) is 5.32 Å². The lowest BCUT2D eigenvalue weighted by Crippen LogP contribution is -2.36. The molecule has 0 radical (unpaired) electrons. The Bertz CT molecular complexity index is 484. The maximum atomic E-state index is 13.1. The third kappa shape index (κ3) is 3.94. The van der Waals surface area contributed by atoms with E-state index in [0.717, 1.165) is 6.07 Å². The lowest BCUT2D eigenvalue weighted by atomic mass is 10.3. The maximum Gasteiger partial charge on any atom is 0.313 e. The molecule has 3 N–H and O–H groups in total. The van der Waals surface area contributed by atoms with Gasteiger partial charge in [-0.2, -0.15) is 0 Å². The van der Waals surface area contributed by atoms with Gasteiger partial charge < -0.3 is 15.7 Å². The second kappa shape index (κ2) is 6.67. The first-order valence-electron chi connectivity index (χ1n) is 4.80. The molecule has 0 aliphatic rings. The molecular formula is C10H9BrClFN2O3. The largest absolute Gasteiger partial charge is 0.395 e. The third-order valence-electron chi connectivity index (χ3n) is 1.86. The zero-order valence-electron chi connectivity index (χ0n) is 8.97. The fourth-order valence-corrected chi connectivity index (χ4v) is 1.59. The number of hydrogen-bond acceptors (Lipinski definition) is 3. The number of nitrogens with one attached hydrogen (secondary N) is 2. The van der Waals surface area contributed by atoms with Gasteiger partial charge in [-0.1, -0.05) is 11.6 Å². The molecule has 98 valence electrons. The molecule has 18 heavy (non-hydrogen) atoms. The quantitative estimate of drug-likeness (QED) is 0.573. The second-order valence-electron chi connectivity index (χ2n) is 3.18. The van der Waals surface area contributed by atoms with Crippen LogP contribution in [0.5, 0.6) is 0 Å². The number of hydrogen-bond donors (Lipinski definition) is 3. The minimum absolute atomic E-state index is 0.0287. The Kier molecular flexibility index (Phi) is 5.52. The highest BCUT2D eigenvalue weighted by molar-refractivity contribution is 9.10. The summed E-state index contributed by atoms with van der Waals surface area (Å²) >= 11 is 8.64. The number of carbonyl (C=O) groups excluding carboxylic acids is 2. The van der Waals surface area contributed by atoms with Gasteiger partial charge in [0, 0.05) is 6.54 Å². The molecule has 2 amide bonds. The van der Waals surface area contributed by atoms with Crippen LogP contribution in [0.2, 0.25) is 5.02 Å². The van der Waals surface area contributed by atoms with E-state index in [1.807, 2.05) is 0 Å². The Hall–Kier alpha value is -1.18. The number of halogens is 3. The zero-order valence-corrected chi connectivity index (χ0v) is 11.3. The number of carbonyl (C=O) groups is 2. The first-order valence-corrected chi connectivity index (χ1v) is 5.97. The molecule has 0 heterocycles. The molecule has 1 rings (SSSR count). The highest BCUT2D eigenvalue weighted by Gasteiger charge is 2.15. The molecule has 0 unspecified atom stereocenters. The van der Waals surface area contributed by atoms with Crippen LogP contribution in [0.4, 0.5) is 10.1 Å². The fourth-order valence-electron chi connectivity index (χ4n) is 1.05. The van der Waals surface area contributed by atoms with E-state index in [0.29, 0.717) is 0 Å². The van der Waals surface area contributed by atoms with Gasteiger partial charge in [0.2, 0.25) is 0 Å². The number of amides is 2. The topological polar surface area (TPSA) is 78.4 Å². The number of aliphatic hydroxyl groups excluding tert-OH is 1. The smallest absolute Gasteiger partial charge is 0.313 e. The van der Waals surface area contributed by atoms with E-state index in [-0.39, 0.29) is 28.3 Å². The van der Waals surface area contributed by atoms with Crippen LogP contribution in [0.25, 0.3) is 0 Å². The highest BCUT2D eigenvalue weighted by atomic mass is 79.9. The average molecular weight is 340 g/mol. The van der Waals surface area contributed by atoms with E-state index >= 15 is 0 Å². The summed E-state index contributed by atoms with van der Waals surface area (Å²) in [5, 5.41) is 12.8. The van der Waals surface area contributed by atoms with Crippen molar-refractivity contribution in [2.24, 2.45) is 0 Å².